The third kappa shape index (κ3) is 3.03. The zero-order chi connectivity index (χ0) is 18.7. The molecule has 1 fully saturated rings. The summed E-state index contributed by atoms with van der Waals surface area (Å²) in [5.74, 6) is -0.0611. The molecule has 0 spiro atoms. The van der Waals surface area contributed by atoms with Crippen LogP contribution in [0.4, 0.5) is 0 Å². The smallest absolute Gasteiger partial charge is 0.243 e. The highest BCUT2D eigenvalue weighted by Crippen LogP contribution is 2.38. The zero-order valence-electron chi connectivity index (χ0n) is 15.1. The van der Waals surface area contributed by atoms with Crippen LogP contribution in [0.3, 0.4) is 0 Å². The number of amides is 1. The molecule has 1 aliphatic heterocycles. The highest BCUT2D eigenvalue weighted by molar-refractivity contribution is 5.89. The van der Waals surface area contributed by atoms with Gasteiger partial charge in [0.1, 0.15) is 6.04 Å². The summed E-state index contributed by atoms with van der Waals surface area (Å²) in [7, 11) is 1.61. The molecule has 3 aromatic rings. The molecule has 4 heteroatoms. The quantitative estimate of drug-likeness (QED) is 0.526. The first kappa shape index (κ1) is 17.5. The lowest BCUT2D eigenvalue weighted by atomic mass is 9.76. The summed E-state index contributed by atoms with van der Waals surface area (Å²) in [4.78, 5) is 12.3. The lowest BCUT2D eigenvalue weighted by molar-refractivity contribution is -0.145. The fourth-order valence-corrected chi connectivity index (χ4v) is 3.74. The summed E-state index contributed by atoms with van der Waals surface area (Å²) >= 11 is 0. The van der Waals surface area contributed by atoms with E-state index in [-0.39, 0.29) is 12.1 Å². The molecule has 0 aromatic heterocycles. The summed E-state index contributed by atoms with van der Waals surface area (Å²) < 4.78 is 5.43. The van der Waals surface area contributed by atoms with Crippen LogP contribution < -0.4 is 10.6 Å². The van der Waals surface area contributed by atoms with E-state index in [0.29, 0.717) is 0 Å². The van der Waals surface area contributed by atoms with Gasteiger partial charge in [-0.2, -0.15) is 0 Å². The number of β-lactam (4-membered cyclic amide) rings is 1. The predicted molar refractivity (Wildman–Crippen MR) is 105 cm³/mol. The van der Waals surface area contributed by atoms with E-state index in [9.17, 15) is 4.79 Å². The number of benzene rings is 3. The van der Waals surface area contributed by atoms with Crippen molar-refractivity contribution in [1.29, 1.82) is 0 Å². The Morgan fingerprint density at radius 3 is 1.52 bits per heavy atom. The van der Waals surface area contributed by atoms with Gasteiger partial charge in [-0.1, -0.05) is 91.0 Å². The van der Waals surface area contributed by atoms with Crippen LogP contribution in [0, 0.1) is 0 Å². The molecule has 0 saturated carbocycles. The van der Waals surface area contributed by atoms with E-state index >= 15 is 0 Å². The maximum absolute atomic E-state index is 12.3. The molecule has 2 N–H and O–H groups in total. The Bertz CT molecular complexity index is 801. The lowest BCUT2D eigenvalue weighted by Crippen LogP contribution is -2.72. The van der Waals surface area contributed by atoms with E-state index in [1.54, 1.807) is 7.11 Å². The number of methoxy groups -OCH3 is 1. The largest absolute Gasteiger partial charge is 0.359 e. The minimum absolute atomic E-state index is 0.0611. The second-order valence-electron chi connectivity index (χ2n) is 6.63. The van der Waals surface area contributed by atoms with Crippen LogP contribution in [0.2, 0.25) is 0 Å². The second-order valence-corrected chi connectivity index (χ2v) is 6.63. The molecule has 0 bridgehead atoms. The van der Waals surface area contributed by atoms with Gasteiger partial charge in [0.15, 0.2) is 6.23 Å². The van der Waals surface area contributed by atoms with E-state index < -0.39 is 11.6 Å². The second kappa shape index (κ2) is 7.35. The Labute approximate surface area is 159 Å². The van der Waals surface area contributed by atoms with Crippen LogP contribution in [0.25, 0.3) is 0 Å². The van der Waals surface area contributed by atoms with Crippen LogP contribution in [0.1, 0.15) is 16.7 Å². The van der Waals surface area contributed by atoms with Gasteiger partial charge in [-0.05, 0) is 16.7 Å². The van der Waals surface area contributed by atoms with Gasteiger partial charge in [0.25, 0.3) is 0 Å². The Hall–Kier alpha value is -2.95. The first-order valence-corrected chi connectivity index (χ1v) is 9.03. The Kier molecular flexibility index (Phi) is 4.75. The van der Waals surface area contributed by atoms with Crippen LogP contribution in [0.5, 0.6) is 0 Å². The maximum atomic E-state index is 12.3. The summed E-state index contributed by atoms with van der Waals surface area (Å²) in [6, 6.07) is 30.2. The number of hydrogen-bond donors (Lipinski definition) is 2. The van der Waals surface area contributed by atoms with Crippen molar-refractivity contribution >= 4 is 5.91 Å². The number of ether oxygens (including phenoxy) is 1. The van der Waals surface area contributed by atoms with E-state index in [0.717, 1.165) is 16.7 Å². The fourth-order valence-electron chi connectivity index (χ4n) is 3.74. The van der Waals surface area contributed by atoms with Crippen molar-refractivity contribution in [2.45, 2.75) is 17.8 Å². The summed E-state index contributed by atoms with van der Waals surface area (Å²) in [5, 5.41) is 6.43. The topological polar surface area (TPSA) is 50.4 Å². The number of carbonyl (C=O) groups excluding carboxylic acids is 1. The molecule has 1 aliphatic rings. The van der Waals surface area contributed by atoms with Crippen LogP contribution in [-0.4, -0.2) is 25.3 Å². The third-order valence-corrected chi connectivity index (χ3v) is 5.12. The average molecular weight is 358 g/mol. The molecule has 136 valence electrons. The molecule has 4 nitrogen and oxygen atoms in total. The molecule has 1 amide bonds. The van der Waals surface area contributed by atoms with Crippen molar-refractivity contribution in [3.05, 3.63) is 108 Å². The van der Waals surface area contributed by atoms with Gasteiger partial charge in [0, 0.05) is 7.11 Å². The molecular weight excluding hydrogens is 336 g/mol. The molecule has 27 heavy (non-hydrogen) atoms. The van der Waals surface area contributed by atoms with E-state index in [2.05, 4.69) is 47.0 Å². The van der Waals surface area contributed by atoms with Gasteiger partial charge >= 0.3 is 0 Å². The monoisotopic (exact) mass is 358 g/mol. The average Bonchev–Trinajstić information content (AvgIpc) is 2.74. The summed E-state index contributed by atoms with van der Waals surface area (Å²) in [6.45, 7) is 0. The Morgan fingerprint density at radius 1 is 0.778 bits per heavy atom. The van der Waals surface area contributed by atoms with Gasteiger partial charge in [0.2, 0.25) is 5.91 Å². The maximum Gasteiger partial charge on any atom is 0.243 e. The van der Waals surface area contributed by atoms with Crippen LogP contribution >= 0.6 is 0 Å². The first-order chi connectivity index (χ1) is 13.3. The number of carbonyl (C=O) groups is 1. The predicted octanol–water partition coefficient (Wildman–Crippen LogP) is 3.04. The van der Waals surface area contributed by atoms with Crippen LogP contribution in [0.15, 0.2) is 91.0 Å². The van der Waals surface area contributed by atoms with Crippen molar-refractivity contribution in [2.24, 2.45) is 0 Å². The van der Waals surface area contributed by atoms with Gasteiger partial charge in [-0.25, -0.2) is 0 Å². The van der Waals surface area contributed by atoms with Gasteiger partial charge < -0.3 is 10.1 Å². The first-order valence-electron chi connectivity index (χ1n) is 9.03. The molecule has 0 aliphatic carbocycles. The van der Waals surface area contributed by atoms with Crippen LogP contribution in [-0.2, 0) is 15.1 Å². The molecule has 0 radical (unpaired) electrons. The Morgan fingerprint density at radius 2 is 1.19 bits per heavy atom. The number of rotatable bonds is 6. The number of hydrogen-bond acceptors (Lipinski definition) is 3. The van der Waals surface area contributed by atoms with Crippen molar-refractivity contribution in [2.75, 3.05) is 7.11 Å². The highest BCUT2D eigenvalue weighted by atomic mass is 16.5. The normalized spacial score (nSPS) is 19.2. The molecule has 0 unspecified atom stereocenters. The molecule has 2 atom stereocenters. The van der Waals surface area contributed by atoms with Gasteiger partial charge in [-0.15, -0.1) is 0 Å². The van der Waals surface area contributed by atoms with Crippen molar-refractivity contribution < 1.29 is 9.53 Å². The van der Waals surface area contributed by atoms with E-state index in [1.165, 1.54) is 0 Å². The van der Waals surface area contributed by atoms with E-state index in [4.69, 9.17) is 4.74 Å². The SMILES string of the molecule is CO[C@H]1NC(=O)[C@H]1NC(c1ccccc1)(c1ccccc1)c1ccccc1. The zero-order valence-corrected chi connectivity index (χ0v) is 15.1. The van der Waals surface area contributed by atoms with Gasteiger partial charge in [-0.3, -0.25) is 10.1 Å². The summed E-state index contributed by atoms with van der Waals surface area (Å²) in [5.41, 5.74) is 2.52. The lowest BCUT2D eigenvalue weighted by Gasteiger charge is -2.45. The molecule has 1 heterocycles. The standard InChI is InChI=1S/C23H22N2O2/c1-27-22-20(21(26)24-22)25-23(17-11-5-2-6-12-17,18-13-7-3-8-14-18)19-15-9-4-10-16-19/h2-16,20,22,25H,1H3,(H,24,26)/t20-,22-/m1/s1. The molecular formula is C23H22N2O2. The molecule has 4 rings (SSSR count). The third-order valence-electron chi connectivity index (χ3n) is 5.12. The fraction of sp³-hybridized carbons (Fsp3) is 0.174. The summed E-state index contributed by atoms with van der Waals surface area (Å²) in [6.07, 6.45) is -0.354. The molecule has 1 saturated heterocycles. The Balaban J connectivity index is 1.93. The molecule has 3 aromatic carbocycles. The number of nitrogens with one attached hydrogen (secondary N) is 2. The minimum atomic E-state index is -0.678. The van der Waals surface area contributed by atoms with Crippen molar-refractivity contribution in [3.8, 4) is 0 Å². The van der Waals surface area contributed by atoms with Crippen molar-refractivity contribution in [1.82, 2.24) is 10.6 Å². The minimum Gasteiger partial charge on any atom is -0.359 e. The van der Waals surface area contributed by atoms with E-state index in [1.807, 2.05) is 54.6 Å². The van der Waals surface area contributed by atoms with Gasteiger partial charge in [0.05, 0.1) is 5.54 Å². The van der Waals surface area contributed by atoms with Crippen molar-refractivity contribution in [3.63, 3.8) is 0 Å². The highest BCUT2D eigenvalue weighted by Gasteiger charge is 2.47.